The maximum absolute atomic E-state index is 14.0. The van der Waals surface area contributed by atoms with E-state index in [1.165, 1.54) is 6.07 Å². The number of nitrogens with two attached hydrogens (primary N) is 1. The van der Waals surface area contributed by atoms with Gasteiger partial charge in [-0.05, 0) is 24.6 Å². The van der Waals surface area contributed by atoms with E-state index in [1.54, 1.807) is 29.2 Å². The molecular formula is C14H15ClFN3O. The second-order valence-corrected chi connectivity index (χ2v) is 5.37. The van der Waals surface area contributed by atoms with Crippen LogP contribution in [-0.2, 0) is 4.74 Å². The van der Waals surface area contributed by atoms with E-state index in [4.69, 9.17) is 22.1 Å². The van der Waals surface area contributed by atoms with Crippen LogP contribution in [-0.4, -0.2) is 22.8 Å². The zero-order chi connectivity index (χ0) is 14.1. The first-order chi connectivity index (χ1) is 9.66. The number of hydrogen-bond donors (Lipinski definition) is 1. The molecule has 6 heteroatoms. The predicted octanol–water partition coefficient (Wildman–Crippen LogP) is 2.70. The molecule has 2 unspecified atom stereocenters. The predicted molar refractivity (Wildman–Crippen MR) is 74.4 cm³/mol. The van der Waals surface area contributed by atoms with Crippen LogP contribution in [0, 0.1) is 11.7 Å². The van der Waals surface area contributed by atoms with Crippen LogP contribution >= 0.6 is 11.6 Å². The molecule has 20 heavy (non-hydrogen) atoms. The summed E-state index contributed by atoms with van der Waals surface area (Å²) in [5.41, 5.74) is 7.45. The Kier molecular flexibility index (Phi) is 3.74. The van der Waals surface area contributed by atoms with E-state index in [9.17, 15) is 4.39 Å². The maximum atomic E-state index is 14.0. The summed E-state index contributed by atoms with van der Waals surface area (Å²) in [4.78, 5) is 4.10. The van der Waals surface area contributed by atoms with E-state index in [0.717, 1.165) is 18.7 Å². The van der Waals surface area contributed by atoms with Crippen LogP contribution in [0.3, 0.4) is 0 Å². The van der Waals surface area contributed by atoms with Crippen LogP contribution in [0.1, 0.15) is 18.2 Å². The number of halogens is 2. The molecule has 2 aromatic rings. The van der Waals surface area contributed by atoms with E-state index >= 15 is 0 Å². The average Bonchev–Trinajstić information content (AvgIpc) is 3.09. The van der Waals surface area contributed by atoms with E-state index in [0.29, 0.717) is 17.3 Å². The Morgan fingerprint density at radius 1 is 1.50 bits per heavy atom. The van der Waals surface area contributed by atoms with E-state index in [2.05, 4.69) is 4.98 Å². The number of aromatic nitrogens is 2. The van der Waals surface area contributed by atoms with Crippen molar-refractivity contribution in [1.82, 2.24) is 9.55 Å². The van der Waals surface area contributed by atoms with Gasteiger partial charge < -0.3 is 10.5 Å². The summed E-state index contributed by atoms with van der Waals surface area (Å²) in [6.07, 6.45) is 4.16. The Labute approximate surface area is 121 Å². The van der Waals surface area contributed by atoms with Crippen molar-refractivity contribution in [1.29, 1.82) is 0 Å². The number of rotatable bonds is 3. The van der Waals surface area contributed by atoms with Gasteiger partial charge in [0.15, 0.2) is 0 Å². The van der Waals surface area contributed by atoms with Crippen LogP contribution in [0.15, 0.2) is 30.7 Å². The SMILES string of the molecule is NC(c1cncn1-c1ccc(Cl)cc1F)C1CCOC1. The van der Waals surface area contributed by atoms with Gasteiger partial charge in [0, 0.05) is 17.5 Å². The number of hydrogen-bond acceptors (Lipinski definition) is 3. The van der Waals surface area contributed by atoms with Crippen molar-refractivity contribution in [2.24, 2.45) is 11.7 Å². The molecule has 1 aliphatic rings. The second kappa shape index (κ2) is 5.52. The first-order valence-electron chi connectivity index (χ1n) is 6.48. The smallest absolute Gasteiger partial charge is 0.148 e. The zero-order valence-corrected chi connectivity index (χ0v) is 11.6. The van der Waals surface area contributed by atoms with Crippen LogP contribution in [0.25, 0.3) is 5.69 Å². The van der Waals surface area contributed by atoms with E-state index in [1.807, 2.05) is 0 Å². The van der Waals surface area contributed by atoms with Crippen LogP contribution < -0.4 is 5.73 Å². The summed E-state index contributed by atoms with van der Waals surface area (Å²) in [6, 6.07) is 4.33. The van der Waals surface area contributed by atoms with Gasteiger partial charge in [-0.2, -0.15) is 0 Å². The summed E-state index contributed by atoms with van der Waals surface area (Å²) in [6.45, 7) is 1.36. The third-order valence-electron chi connectivity index (χ3n) is 3.65. The van der Waals surface area contributed by atoms with Crippen molar-refractivity contribution >= 4 is 11.6 Å². The summed E-state index contributed by atoms with van der Waals surface area (Å²) in [5, 5.41) is 0.362. The van der Waals surface area contributed by atoms with Crippen LogP contribution in [0.2, 0.25) is 5.02 Å². The van der Waals surface area contributed by atoms with Crippen LogP contribution in [0.5, 0.6) is 0 Å². The molecule has 1 aliphatic heterocycles. The molecule has 2 heterocycles. The van der Waals surface area contributed by atoms with Crippen LogP contribution in [0.4, 0.5) is 4.39 Å². The van der Waals surface area contributed by atoms with E-state index in [-0.39, 0.29) is 12.0 Å². The minimum Gasteiger partial charge on any atom is -0.381 e. The zero-order valence-electron chi connectivity index (χ0n) is 10.8. The normalized spacial score (nSPS) is 20.2. The highest BCUT2D eigenvalue weighted by atomic mass is 35.5. The molecule has 0 radical (unpaired) electrons. The lowest BCUT2D eigenvalue weighted by Crippen LogP contribution is -2.24. The quantitative estimate of drug-likeness (QED) is 0.947. The Morgan fingerprint density at radius 2 is 2.35 bits per heavy atom. The average molecular weight is 296 g/mol. The first-order valence-corrected chi connectivity index (χ1v) is 6.85. The topological polar surface area (TPSA) is 53.1 Å². The molecule has 1 saturated heterocycles. The fraction of sp³-hybridized carbons (Fsp3) is 0.357. The van der Waals surface area contributed by atoms with Crippen molar-refractivity contribution in [3.8, 4) is 5.69 Å². The lowest BCUT2D eigenvalue weighted by Gasteiger charge is -2.19. The molecule has 3 rings (SSSR count). The molecule has 0 aliphatic carbocycles. The fourth-order valence-electron chi connectivity index (χ4n) is 2.51. The molecule has 2 atom stereocenters. The van der Waals surface area contributed by atoms with Crippen molar-refractivity contribution in [2.45, 2.75) is 12.5 Å². The van der Waals surface area contributed by atoms with Gasteiger partial charge in [0.2, 0.25) is 0 Å². The molecule has 106 valence electrons. The Balaban J connectivity index is 1.97. The summed E-state index contributed by atoms with van der Waals surface area (Å²) in [5.74, 6) is -0.160. The highest BCUT2D eigenvalue weighted by Crippen LogP contribution is 2.29. The lowest BCUT2D eigenvalue weighted by molar-refractivity contribution is 0.180. The van der Waals surface area contributed by atoms with Crippen molar-refractivity contribution in [3.63, 3.8) is 0 Å². The summed E-state index contributed by atoms with van der Waals surface area (Å²) in [7, 11) is 0. The van der Waals surface area contributed by atoms with Gasteiger partial charge in [0.05, 0.1) is 36.6 Å². The number of ether oxygens (including phenoxy) is 1. The minimum absolute atomic E-state index is 0.227. The highest BCUT2D eigenvalue weighted by molar-refractivity contribution is 6.30. The molecular weight excluding hydrogens is 281 g/mol. The molecule has 1 aromatic carbocycles. The molecule has 0 spiro atoms. The van der Waals surface area contributed by atoms with Gasteiger partial charge in [-0.1, -0.05) is 11.6 Å². The maximum Gasteiger partial charge on any atom is 0.148 e. The summed E-state index contributed by atoms with van der Waals surface area (Å²) < 4.78 is 21.1. The third kappa shape index (κ3) is 2.44. The minimum atomic E-state index is -0.397. The van der Waals surface area contributed by atoms with Gasteiger partial charge in [0.1, 0.15) is 5.82 Å². The van der Waals surface area contributed by atoms with Gasteiger partial charge in [0.25, 0.3) is 0 Å². The number of benzene rings is 1. The van der Waals surface area contributed by atoms with Gasteiger partial charge >= 0.3 is 0 Å². The second-order valence-electron chi connectivity index (χ2n) is 4.93. The molecule has 0 amide bonds. The third-order valence-corrected chi connectivity index (χ3v) is 3.89. The van der Waals surface area contributed by atoms with Gasteiger partial charge in [-0.15, -0.1) is 0 Å². The number of imidazole rings is 1. The van der Waals surface area contributed by atoms with Crippen molar-refractivity contribution in [3.05, 3.63) is 47.3 Å². The standard InChI is InChI=1S/C14H15ClFN3O/c15-10-1-2-12(11(16)5-10)19-8-18-6-13(19)14(17)9-3-4-20-7-9/h1-2,5-6,8-9,14H,3-4,7,17H2. The largest absolute Gasteiger partial charge is 0.381 e. The van der Waals surface area contributed by atoms with Gasteiger partial charge in [-0.3, -0.25) is 4.57 Å². The van der Waals surface area contributed by atoms with Crippen molar-refractivity contribution in [2.75, 3.05) is 13.2 Å². The fourth-order valence-corrected chi connectivity index (χ4v) is 2.67. The monoisotopic (exact) mass is 295 g/mol. The van der Waals surface area contributed by atoms with E-state index < -0.39 is 5.82 Å². The lowest BCUT2D eigenvalue weighted by atomic mass is 9.97. The molecule has 0 bridgehead atoms. The molecule has 4 nitrogen and oxygen atoms in total. The summed E-state index contributed by atoms with van der Waals surface area (Å²) >= 11 is 5.78. The first kappa shape index (κ1) is 13.5. The molecule has 0 saturated carbocycles. The Morgan fingerprint density at radius 3 is 3.05 bits per heavy atom. The molecule has 1 aromatic heterocycles. The highest BCUT2D eigenvalue weighted by Gasteiger charge is 2.27. The van der Waals surface area contributed by atoms with Gasteiger partial charge in [-0.25, -0.2) is 9.37 Å². The number of nitrogens with zero attached hydrogens (tertiary/aromatic N) is 2. The Bertz CT molecular complexity index is 610. The Hall–Kier alpha value is -1.43. The molecule has 2 N–H and O–H groups in total. The van der Waals surface area contributed by atoms with Crippen molar-refractivity contribution < 1.29 is 9.13 Å². The molecule has 1 fully saturated rings.